The van der Waals surface area contributed by atoms with E-state index < -0.39 is 0 Å². The molecule has 1 atom stereocenters. The lowest BCUT2D eigenvalue weighted by atomic mass is 10.1. The zero-order valence-electron chi connectivity index (χ0n) is 17.1. The molecule has 0 aromatic heterocycles. The summed E-state index contributed by atoms with van der Waals surface area (Å²) in [5.41, 5.74) is 1.76. The van der Waals surface area contributed by atoms with Crippen LogP contribution in [0.4, 0.5) is 0 Å². The van der Waals surface area contributed by atoms with Crippen LogP contribution in [0.5, 0.6) is 0 Å². The van der Waals surface area contributed by atoms with Crippen LogP contribution in [-0.2, 0) is 15.3 Å². The molecule has 164 valence electrons. The summed E-state index contributed by atoms with van der Waals surface area (Å²) in [6.07, 6.45) is 1.44. The van der Waals surface area contributed by atoms with Crippen molar-refractivity contribution in [1.82, 2.24) is 9.80 Å². The average Bonchev–Trinajstić information content (AvgIpc) is 3.34. The Labute approximate surface area is 196 Å². The Morgan fingerprint density at radius 1 is 1.00 bits per heavy atom. The molecule has 0 spiro atoms. The Kier molecular flexibility index (Phi) is 7.43. The minimum Gasteiger partial charge on any atom is -0.368 e. The number of piperazine rings is 1. The van der Waals surface area contributed by atoms with Gasteiger partial charge in [0.15, 0.2) is 0 Å². The van der Waals surface area contributed by atoms with Gasteiger partial charge in [0.2, 0.25) is 0 Å². The average molecular weight is 479 g/mol. The molecule has 4 rings (SSSR count). The molecule has 2 aromatic rings. The maximum atomic E-state index is 12.9. The number of carbonyl (C=O) groups is 2. The van der Waals surface area contributed by atoms with Crippen molar-refractivity contribution in [3.8, 4) is 0 Å². The Bertz CT molecular complexity index is 940. The first-order valence-electron chi connectivity index (χ1n) is 10.4. The third-order valence-electron chi connectivity index (χ3n) is 5.57. The van der Waals surface area contributed by atoms with Crippen LogP contribution in [0.3, 0.4) is 0 Å². The Hall–Kier alpha value is -1.73. The molecule has 2 aliphatic rings. The molecule has 31 heavy (non-hydrogen) atoms. The SMILES string of the molecule is O=C(c1ccc(CSc2cc(Cl)ccc2Cl)cc1)N1CCN(C(=O)C2CCCO2)CC1. The second-order valence-electron chi connectivity index (χ2n) is 7.68. The van der Waals surface area contributed by atoms with Crippen molar-refractivity contribution in [3.05, 3.63) is 63.6 Å². The second-order valence-corrected chi connectivity index (χ2v) is 9.54. The van der Waals surface area contributed by atoms with E-state index in [-0.39, 0.29) is 17.9 Å². The number of benzene rings is 2. The molecule has 2 amide bonds. The van der Waals surface area contributed by atoms with Gasteiger partial charge in [-0.25, -0.2) is 0 Å². The highest BCUT2D eigenvalue weighted by Crippen LogP contribution is 2.32. The smallest absolute Gasteiger partial charge is 0.253 e. The van der Waals surface area contributed by atoms with Gasteiger partial charge in [-0.3, -0.25) is 9.59 Å². The molecule has 0 N–H and O–H groups in total. The number of amides is 2. The molecule has 0 saturated carbocycles. The summed E-state index contributed by atoms with van der Waals surface area (Å²) in [5, 5.41) is 1.34. The van der Waals surface area contributed by atoms with Crippen molar-refractivity contribution in [2.45, 2.75) is 29.6 Å². The summed E-state index contributed by atoms with van der Waals surface area (Å²) in [5.74, 6) is 0.797. The third-order valence-corrected chi connectivity index (χ3v) is 7.38. The molecule has 0 bridgehead atoms. The summed E-state index contributed by atoms with van der Waals surface area (Å²) in [6, 6.07) is 13.1. The van der Waals surface area contributed by atoms with Crippen LogP contribution in [0.2, 0.25) is 10.0 Å². The Morgan fingerprint density at radius 2 is 1.71 bits per heavy atom. The minimum atomic E-state index is -0.297. The second kappa shape index (κ2) is 10.3. The number of hydrogen-bond acceptors (Lipinski definition) is 4. The summed E-state index contributed by atoms with van der Waals surface area (Å²) in [4.78, 5) is 29.9. The van der Waals surface area contributed by atoms with Crippen LogP contribution in [0.15, 0.2) is 47.4 Å². The zero-order chi connectivity index (χ0) is 21.8. The van der Waals surface area contributed by atoms with E-state index in [1.165, 1.54) is 0 Å². The van der Waals surface area contributed by atoms with Crippen LogP contribution >= 0.6 is 35.0 Å². The van der Waals surface area contributed by atoms with E-state index in [0.29, 0.717) is 48.4 Å². The van der Waals surface area contributed by atoms with E-state index in [1.54, 1.807) is 23.9 Å². The van der Waals surface area contributed by atoms with E-state index >= 15 is 0 Å². The number of carbonyl (C=O) groups excluding carboxylic acids is 2. The first-order valence-corrected chi connectivity index (χ1v) is 12.1. The van der Waals surface area contributed by atoms with Crippen LogP contribution < -0.4 is 0 Å². The van der Waals surface area contributed by atoms with E-state index in [2.05, 4.69) is 0 Å². The fourth-order valence-corrected chi connectivity index (χ4v) is 5.23. The standard InChI is InChI=1S/C23H24Cl2N2O3S/c24-18-7-8-19(25)21(14-18)31-15-16-3-5-17(6-4-16)22(28)26-9-11-27(12-10-26)23(29)20-2-1-13-30-20/h3-8,14,20H,1-2,9-13,15H2. The largest absolute Gasteiger partial charge is 0.368 e. The van der Waals surface area contributed by atoms with Crippen LogP contribution in [-0.4, -0.2) is 60.5 Å². The van der Waals surface area contributed by atoms with Crippen molar-refractivity contribution in [3.63, 3.8) is 0 Å². The van der Waals surface area contributed by atoms with Crippen LogP contribution in [0.1, 0.15) is 28.8 Å². The first-order chi connectivity index (χ1) is 15.0. The number of ether oxygens (including phenoxy) is 1. The molecule has 0 aliphatic carbocycles. The summed E-state index contributed by atoms with van der Waals surface area (Å²) < 4.78 is 5.50. The lowest BCUT2D eigenvalue weighted by Gasteiger charge is -2.35. The molecular weight excluding hydrogens is 455 g/mol. The molecule has 2 aliphatic heterocycles. The summed E-state index contributed by atoms with van der Waals surface area (Å²) in [6.45, 7) is 2.86. The van der Waals surface area contributed by atoms with Gasteiger partial charge in [-0.05, 0) is 48.7 Å². The summed E-state index contributed by atoms with van der Waals surface area (Å²) in [7, 11) is 0. The molecular formula is C23H24Cl2N2O3S. The molecule has 0 radical (unpaired) electrons. The number of hydrogen-bond donors (Lipinski definition) is 0. The van der Waals surface area contributed by atoms with E-state index in [1.807, 2.05) is 40.1 Å². The zero-order valence-corrected chi connectivity index (χ0v) is 19.4. The lowest BCUT2D eigenvalue weighted by molar-refractivity contribution is -0.142. The van der Waals surface area contributed by atoms with Gasteiger partial charge in [0.25, 0.3) is 11.8 Å². The van der Waals surface area contributed by atoms with Gasteiger partial charge in [-0.1, -0.05) is 35.3 Å². The van der Waals surface area contributed by atoms with Crippen molar-refractivity contribution in [1.29, 1.82) is 0 Å². The number of halogens is 2. The molecule has 5 nitrogen and oxygen atoms in total. The van der Waals surface area contributed by atoms with Gasteiger partial charge in [0.1, 0.15) is 6.10 Å². The predicted octanol–water partition coefficient (Wildman–Crippen LogP) is 4.75. The fraction of sp³-hybridized carbons (Fsp3) is 0.391. The van der Waals surface area contributed by atoms with Gasteiger partial charge in [-0.15, -0.1) is 11.8 Å². The predicted molar refractivity (Wildman–Crippen MR) is 124 cm³/mol. The maximum Gasteiger partial charge on any atom is 0.253 e. The minimum absolute atomic E-state index is 0.00121. The van der Waals surface area contributed by atoms with Crippen molar-refractivity contribution < 1.29 is 14.3 Å². The third kappa shape index (κ3) is 5.55. The molecule has 2 heterocycles. The molecule has 2 aromatic carbocycles. The topological polar surface area (TPSA) is 49.9 Å². The quantitative estimate of drug-likeness (QED) is 0.581. The van der Waals surface area contributed by atoms with Crippen molar-refractivity contribution in [2.24, 2.45) is 0 Å². The number of rotatable bonds is 5. The van der Waals surface area contributed by atoms with Crippen LogP contribution in [0, 0.1) is 0 Å². The summed E-state index contributed by atoms with van der Waals surface area (Å²) >= 11 is 13.9. The Morgan fingerprint density at radius 3 is 2.39 bits per heavy atom. The molecule has 8 heteroatoms. The highest BCUT2D eigenvalue weighted by Gasteiger charge is 2.31. The van der Waals surface area contributed by atoms with Gasteiger partial charge in [0.05, 0.1) is 5.02 Å². The van der Waals surface area contributed by atoms with Crippen LogP contribution in [0.25, 0.3) is 0 Å². The highest BCUT2D eigenvalue weighted by atomic mass is 35.5. The first kappa shape index (κ1) is 22.5. The number of thioether (sulfide) groups is 1. The van der Waals surface area contributed by atoms with Gasteiger partial charge in [-0.2, -0.15) is 0 Å². The Balaban J connectivity index is 1.29. The van der Waals surface area contributed by atoms with Gasteiger partial charge >= 0.3 is 0 Å². The lowest BCUT2D eigenvalue weighted by Crippen LogP contribution is -2.52. The van der Waals surface area contributed by atoms with Gasteiger partial charge < -0.3 is 14.5 Å². The molecule has 2 fully saturated rings. The maximum absolute atomic E-state index is 12.9. The molecule has 1 unspecified atom stereocenters. The van der Waals surface area contributed by atoms with Gasteiger partial charge in [0, 0.05) is 54.0 Å². The number of nitrogens with zero attached hydrogens (tertiary/aromatic N) is 2. The van der Waals surface area contributed by atoms with E-state index in [9.17, 15) is 9.59 Å². The normalized spacial score (nSPS) is 19.0. The molecule has 2 saturated heterocycles. The van der Waals surface area contributed by atoms with E-state index in [4.69, 9.17) is 27.9 Å². The van der Waals surface area contributed by atoms with Crippen molar-refractivity contribution in [2.75, 3.05) is 32.8 Å². The van der Waals surface area contributed by atoms with Crippen molar-refractivity contribution >= 4 is 46.8 Å². The fourth-order valence-electron chi connectivity index (χ4n) is 3.78. The monoisotopic (exact) mass is 478 g/mol. The van der Waals surface area contributed by atoms with E-state index in [0.717, 1.165) is 29.1 Å². The highest BCUT2D eigenvalue weighted by molar-refractivity contribution is 7.98.